The van der Waals surface area contributed by atoms with Crippen LogP contribution in [0.3, 0.4) is 0 Å². The molecule has 0 aromatic heterocycles. The van der Waals surface area contributed by atoms with Gasteiger partial charge in [-0.1, -0.05) is 0 Å². The Morgan fingerprint density at radius 3 is 2.79 bits per heavy atom. The number of rotatable bonds is 2. The molecule has 4 nitrogen and oxygen atoms in total. The number of nitrogens with one attached hydrogen (secondary N) is 2. The molecule has 0 aromatic rings. The lowest BCUT2D eigenvalue weighted by atomic mass is 10.2. The number of carbonyl (C=O) groups is 1. The minimum Gasteiger partial charge on any atom is -0.365 e. The fraction of sp³-hybridized carbons (Fsp3) is 0.833. The molecule has 2 N–H and O–H groups in total. The van der Waals surface area contributed by atoms with Crippen LogP contribution in [0.4, 0.5) is 13.2 Å². The zero-order valence-corrected chi connectivity index (χ0v) is 7.65. The Morgan fingerprint density at radius 2 is 2.21 bits per heavy atom. The Bertz CT molecular complexity index is 224. The molecule has 1 rings (SSSR count). The summed E-state index contributed by atoms with van der Waals surface area (Å²) in [7, 11) is 0. The van der Waals surface area contributed by atoms with Crippen molar-refractivity contribution in [3.8, 4) is 0 Å². The minimum atomic E-state index is -4.41. The molecule has 0 saturated carbocycles. The highest BCUT2D eigenvalue weighted by molar-refractivity contribution is 6.31. The van der Waals surface area contributed by atoms with Crippen molar-refractivity contribution in [2.75, 3.05) is 13.2 Å². The van der Waals surface area contributed by atoms with Crippen molar-refractivity contribution in [2.45, 2.75) is 17.7 Å². The molecule has 1 heterocycles. The van der Waals surface area contributed by atoms with E-state index in [2.05, 4.69) is 15.6 Å². The summed E-state index contributed by atoms with van der Waals surface area (Å²) in [6.45, 7) is -1.36. The third kappa shape index (κ3) is 3.32. The Balaban J connectivity index is 2.40. The van der Waals surface area contributed by atoms with E-state index in [0.717, 1.165) is 0 Å². The molecule has 0 bridgehead atoms. The maximum atomic E-state index is 11.7. The number of carbonyl (C=O) groups excluding carboxylic acids is 1. The van der Waals surface area contributed by atoms with Crippen LogP contribution in [0.15, 0.2) is 0 Å². The Labute approximate surface area is 82.7 Å². The first kappa shape index (κ1) is 11.5. The summed E-state index contributed by atoms with van der Waals surface area (Å²) in [6.07, 6.45) is -5.38. The summed E-state index contributed by atoms with van der Waals surface area (Å²) in [4.78, 5) is 10.9. The molecule has 1 fully saturated rings. The number of ether oxygens (including phenoxy) is 1. The monoisotopic (exact) mass is 232 g/mol. The van der Waals surface area contributed by atoms with Crippen molar-refractivity contribution in [3.63, 3.8) is 0 Å². The molecule has 0 spiro atoms. The van der Waals surface area contributed by atoms with Crippen LogP contribution in [0.1, 0.15) is 0 Å². The largest absolute Gasteiger partial charge is 0.411 e. The van der Waals surface area contributed by atoms with E-state index in [1.54, 1.807) is 0 Å². The number of hydrazine groups is 1. The molecule has 2 atom stereocenters. The van der Waals surface area contributed by atoms with Crippen LogP contribution in [0.2, 0.25) is 0 Å². The zero-order valence-electron chi connectivity index (χ0n) is 6.90. The van der Waals surface area contributed by atoms with Crippen molar-refractivity contribution < 1.29 is 22.7 Å². The average molecular weight is 233 g/mol. The predicted octanol–water partition coefficient (Wildman–Crippen LogP) is 0.176. The maximum Gasteiger partial charge on any atom is 0.411 e. The highest BCUT2D eigenvalue weighted by Gasteiger charge is 2.35. The molecule has 0 radical (unpaired) electrons. The highest BCUT2D eigenvalue weighted by Crippen LogP contribution is 2.18. The van der Waals surface area contributed by atoms with E-state index in [4.69, 9.17) is 11.6 Å². The summed E-state index contributed by atoms with van der Waals surface area (Å²) in [5.74, 6) is -0.593. The standard InChI is InChI=1S/C6H8ClF3N2O2/c7-4-3(1-11-12-5(4)13)14-2-6(8,9)10/h3-4,11H,1-2H2,(H,12,13). The summed E-state index contributed by atoms with van der Waals surface area (Å²) in [5.41, 5.74) is 4.55. The van der Waals surface area contributed by atoms with Crippen molar-refractivity contribution >= 4 is 17.5 Å². The van der Waals surface area contributed by atoms with Gasteiger partial charge in [-0.15, -0.1) is 11.6 Å². The molecule has 1 amide bonds. The van der Waals surface area contributed by atoms with Crippen molar-refractivity contribution in [2.24, 2.45) is 0 Å². The highest BCUT2D eigenvalue weighted by atomic mass is 35.5. The molecule has 0 aliphatic carbocycles. The van der Waals surface area contributed by atoms with Gasteiger partial charge in [-0.05, 0) is 0 Å². The van der Waals surface area contributed by atoms with Gasteiger partial charge in [-0.25, -0.2) is 5.43 Å². The molecule has 8 heteroatoms. The SMILES string of the molecule is O=C1NNCC(OCC(F)(F)F)C1Cl. The molecule has 82 valence electrons. The van der Waals surface area contributed by atoms with E-state index in [0.29, 0.717) is 0 Å². The lowest BCUT2D eigenvalue weighted by Crippen LogP contribution is -2.57. The van der Waals surface area contributed by atoms with Crippen molar-refractivity contribution in [1.82, 2.24) is 10.9 Å². The number of halogens is 4. The average Bonchev–Trinajstić information content (AvgIpc) is 2.06. The van der Waals surface area contributed by atoms with E-state index in [1.165, 1.54) is 0 Å². The van der Waals surface area contributed by atoms with Gasteiger partial charge in [0.05, 0.1) is 6.10 Å². The van der Waals surface area contributed by atoms with Gasteiger partial charge in [0.1, 0.15) is 12.0 Å². The molecule has 2 unspecified atom stereocenters. The lowest BCUT2D eigenvalue weighted by molar-refractivity contribution is -0.187. The van der Waals surface area contributed by atoms with Crippen LogP contribution < -0.4 is 10.9 Å². The van der Waals surface area contributed by atoms with Gasteiger partial charge in [0.2, 0.25) is 0 Å². The molecule has 0 aromatic carbocycles. The lowest BCUT2D eigenvalue weighted by Gasteiger charge is -2.27. The number of amides is 1. The molecular weight excluding hydrogens is 225 g/mol. The van der Waals surface area contributed by atoms with Crippen LogP contribution in [0.25, 0.3) is 0 Å². The first-order chi connectivity index (χ1) is 6.40. The van der Waals surface area contributed by atoms with Crippen LogP contribution in [-0.2, 0) is 9.53 Å². The van der Waals surface area contributed by atoms with E-state index in [9.17, 15) is 18.0 Å². The van der Waals surface area contributed by atoms with Crippen LogP contribution in [0, 0.1) is 0 Å². The maximum absolute atomic E-state index is 11.7. The second-order valence-electron chi connectivity index (χ2n) is 2.74. The Kier molecular flexibility index (Phi) is 3.57. The smallest absolute Gasteiger partial charge is 0.365 e. The van der Waals surface area contributed by atoms with Gasteiger partial charge < -0.3 is 4.74 Å². The molecule has 1 aliphatic rings. The molecular formula is C6H8ClF3N2O2. The van der Waals surface area contributed by atoms with E-state index in [1.807, 2.05) is 0 Å². The van der Waals surface area contributed by atoms with E-state index >= 15 is 0 Å². The fourth-order valence-electron chi connectivity index (χ4n) is 0.925. The molecule has 1 saturated heterocycles. The molecule has 14 heavy (non-hydrogen) atoms. The number of hydrogen-bond donors (Lipinski definition) is 2. The summed E-state index contributed by atoms with van der Waals surface area (Å²) in [6, 6.07) is 0. The zero-order chi connectivity index (χ0) is 10.8. The van der Waals surface area contributed by atoms with Crippen LogP contribution in [-0.4, -0.2) is 36.7 Å². The van der Waals surface area contributed by atoms with Gasteiger partial charge in [-0.2, -0.15) is 13.2 Å². The first-order valence-corrected chi connectivity index (χ1v) is 4.19. The second-order valence-corrected chi connectivity index (χ2v) is 3.21. The minimum absolute atomic E-state index is 0.0516. The second kappa shape index (κ2) is 4.33. The first-order valence-electron chi connectivity index (χ1n) is 3.75. The summed E-state index contributed by atoms with van der Waals surface area (Å²) >= 11 is 5.52. The Morgan fingerprint density at radius 1 is 1.57 bits per heavy atom. The van der Waals surface area contributed by atoms with Gasteiger partial charge in [0.25, 0.3) is 5.91 Å². The quantitative estimate of drug-likeness (QED) is 0.668. The summed E-state index contributed by atoms with van der Waals surface area (Å²) < 4.78 is 39.7. The van der Waals surface area contributed by atoms with Gasteiger partial charge in [-0.3, -0.25) is 10.2 Å². The van der Waals surface area contributed by atoms with E-state index < -0.39 is 30.2 Å². The summed E-state index contributed by atoms with van der Waals surface area (Å²) in [5, 5.41) is -1.10. The van der Waals surface area contributed by atoms with Gasteiger partial charge in [0.15, 0.2) is 0 Å². The van der Waals surface area contributed by atoms with Gasteiger partial charge in [0, 0.05) is 6.54 Å². The fourth-order valence-corrected chi connectivity index (χ4v) is 1.14. The molecule has 1 aliphatic heterocycles. The van der Waals surface area contributed by atoms with E-state index in [-0.39, 0.29) is 6.54 Å². The number of alkyl halides is 4. The van der Waals surface area contributed by atoms with Gasteiger partial charge >= 0.3 is 6.18 Å². The third-order valence-corrected chi connectivity index (χ3v) is 2.03. The van der Waals surface area contributed by atoms with Crippen molar-refractivity contribution in [1.29, 1.82) is 0 Å². The third-order valence-electron chi connectivity index (χ3n) is 1.55. The van der Waals surface area contributed by atoms with Crippen molar-refractivity contribution in [3.05, 3.63) is 0 Å². The number of hydrogen-bond acceptors (Lipinski definition) is 3. The Hall–Kier alpha value is -0.530. The predicted molar refractivity (Wildman–Crippen MR) is 41.6 cm³/mol. The normalized spacial score (nSPS) is 28.7. The van der Waals surface area contributed by atoms with Crippen LogP contribution in [0.5, 0.6) is 0 Å². The topological polar surface area (TPSA) is 50.4 Å². The van der Waals surface area contributed by atoms with Crippen LogP contribution >= 0.6 is 11.6 Å².